The van der Waals surface area contributed by atoms with E-state index in [9.17, 15) is 9.18 Å². The van der Waals surface area contributed by atoms with Gasteiger partial charge in [0, 0.05) is 11.3 Å². The first-order valence-electron chi connectivity index (χ1n) is 9.45. The van der Waals surface area contributed by atoms with E-state index in [0.717, 1.165) is 41.9 Å². The van der Waals surface area contributed by atoms with Crippen molar-refractivity contribution in [1.29, 1.82) is 0 Å². The van der Waals surface area contributed by atoms with Gasteiger partial charge >= 0.3 is 0 Å². The summed E-state index contributed by atoms with van der Waals surface area (Å²) >= 11 is 6.16. The second kappa shape index (κ2) is 9.67. The molecule has 3 rings (SSSR count). The van der Waals surface area contributed by atoms with E-state index < -0.39 is 0 Å². The number of aromatic nitrogens is 2. The molecule has 0 aliphatic heterocycles. The Balaban J connectivity index is 1.43. The number of nitrogens with one attached hydrogen (secondary N) is 2. The number of nitrogens with zero attached hydrogens (tertiary/aromatic N) is 2. The first kappa shape index (κ1) is 21.0. The molecule has 0 atom stereocenters. The highest BCUT2D eigenvalue weighted by atomic mass is 35.5. The van der Waals surface area contributed by atoms with Crippen LogP contribution in [0.15, 0.2) is 48.5 Å². The van der Waals surface area contributed by atoms with Crippen molar-refractivity contribution in [2.75, 3.05) is 25.5 Å². The summed E-state index contributed by atoms with van der Waals surface area (Å²) in [4.78, 5) is 14.2. The van der Waals surface area contributed by atoms with Crippen LogP contribution in [0.25, 0.3) is 11.3 Å². The first-order valence-corrected chi connectivity index (χ1v) is 9.83. The maximum atomic E-state index is 13.0. The minimum Gasteiger partial charge on any atom is -0.324 e. The summed E-state index contributed by atoms with van der Waals surface area (Å²) in [7, 11) is 1.91. The zero-order valence-electron chi connectivity index (χ0n) is 16.5. The van der Waals surface area contributed by atoms with Gasteiger partial charge in [-0.3, -0.25) is 14.8 Å². The molecule has 0 saturated heterocycles. The van der Waals surface area contributed by atoms with Crippen molar-refractivity contribution < 1.29 is 9.18 Å². The van der Waals surface area contributed by atoms with Gasteiger partial charge in [0.05, 0.1) is 22.9 Å². The van der Waals surface area contributed by atoms with Crippen LogP contribution >= 0.6 is 11.6 Å². The van der Waals surface area contributed by atoms with E-state index in [-0.39, 0.29) is 18.3 Å². The Hall–Kier alpha value is -2.70. The molecule has 0 fully saturated rings. The molecular weight excluding hydrogens is 391 g/mol. The van der Waals surface area contributed by atoms with Gasteiger partial charge in [0.25, 0.3) is 0 Å². The Bertz CT molecular complexity index is 971. The van der Waals surface area contributed by atoms with Crippen LogP contribution in [0, 0.1) is 12.7 Å². The van der Waals surface area contributed by atoms with E-state index in [1.165, 1.54) is 12.1 Å². The summed E-state index contributed by atoms with van der Waals surface area (Å²) in [6.45, 7) is 3.00. The number of benzene rings is 2. The minimum absolute atomic E-state index is 0.0987. The van der Waals surface area contributed by atoms with Crippen molar-refractivity contribution in [2.45, 2.75) is 19.8 Å². The molecule has 3 aromatic rings. The number of rotatable bonds is 8. The number of carbonyl (C=O) groups excluding carboxylic acids is 1. The Labute approximate surface area is 174 Å². The van der Waals surface area contributed by atoms with Crippen molar-refractivity contribution in [3.8, 4) is 11.3 Å². The lowest BCUT2D eigenvalue weighted by Gasteiger charge is -2.16. The molecule has 1 heterocycles. The zero-order chi connectivity index (χ0) is 20.8. The molecule has 0 aliphatic rings. The molecule has 0 aliphatic carbocycles. The summed E-state index contributed by atoms with van der Waals surface area (Å²) in [6, 6.07) is 13.8. The fourth-order valence-electron chi connectivity index (χ4n) is 3.03. The van der Waals surface area contributed by atoms with Crippen LogP contribution < -0.4 is 5.32 Å². The van der Waals surface area contributed by atoms with Gasteiger partial charge in [-0.05, 0) is 81.4 Å². The third-order valence-corrected chi connectivity index (χ3v) is 4.88. The van der Waals surface area contributed by atoms with Crippen LogP contribution in [0.3, 0.4) is 0 Å². The second-order valence-corrected chi connectivity index (χ2v) is 7.57. The van der Waals surface area contributed by atoms with E-state index in [2.05, 4.69) is 15.5 Å². The van der Waals surface area contributed by atoms with E-state index in [0.29, 0.717) is 10.7 Å². The van der Waals surface area contributed by atoms with E-state index in [1.54, 1.807) is 12.1 Å². The molecule has 152 valence electrons. The summed E-state index contributed by atoms with van der Waals surface area (Å²) in [5.74, 6) is -0.361. The third-order valence-electron chi connectivity index (χ3n) is 4.57. The van der Waals surface area contributed by atoms with Crippen LogP contribution in [0.4, 0.5) is 10.1 Å². The molecule has 0 spiro atoms. The van der Waals surface area contributed by atoms with Crippen LogP contribution in [-0.4, -0.2) is 41.1 Å². The topological polar surface area (TPSA) is 61.0 Å². The Kier molecular flexibility index (Phi) is 7.01. The molecule has 2 N–H and O–H groups in total. The third kappa shape index (κ3) is 6.14. The Morgan fingerprint density at radius 3 is 2.69 bits per heavy atom. The van der Waals surface area contributed by atoms with Crippen molar-refractivity contribution in [3.63, 3.8) is 0 Å². The fourth-order valence-corrected chi connectivity index (χ4v) is 3.32. The minimum atomic E-state index is -0.263. The lowest BCUT2D eigenvalue weighted by atomic mass is 10.1. The van der Waals surface area contributed by atoms with Gasteiger partial charge in [-0.25, -0.2) is 4.39 Å². The van der Waals surface area contributed by atoms with Crippen LogP contribution in [0.1, 0.15) is 17.7 Å². The predicted octanol–water partition coefficient (Wildman–Crippen LogP) is 4.68. The van der Waals surface area contributed by atoms with E-state index >= 15 is 0 Å². The SMILES string of the molecule is Cc1ccc(NC(=O)CN(C)CCCc2cc(-c3ccc(F)cc3)n[nH]2)c(Cl)c1. The molecule has 0 unspecified atom stereocenters. The standard InChI is InChI=1S/C22H24ClFN4O/c1-15-5-10-20(19(23)12-15)25-22(29)14-28(2)11-3-4-18-13-21(27-26-18)16-6-8-17(24)9-7-16/h5-10,12-13H,3-4,11,14H2,1-2H3,(H,25,29)(H,26,27). The van der Waals surface area contributed by atoms with Gasteiger partial charge in [-0.2, -0.15) is 5.10 Å². The second-order valence-electron chi connectivity index (χ2n) is 7.16. The predicted molar refractivity (Wildman–Crippen MR) is 115 cm³/mol. The summed E-state index contributed by atoms with van der Waals surface area (Å²) in [5, 5.41) is 10.7. The summed E-state index contributed by atoms with van der Waals surface area (Å²) in [6.07, 6.45) is 1.68. The Morgan fingerprint density at radius 1 is 1.21 bits per heavy atom. The maximum Gasteiger partial charge on any atom is 0.238 e. The van der Waals surface area contributed by atoms with Crippen LogP contribution in [0.5, 0.6) is 0 Å². The molecule has 5 nitrogen and oxygen atoms in total. The van der Waals surface area contributed by atoms with Gasteiger partial charge < -0.3 is 5.32 Å². The molecule has 29 heavy (non-hydrogen) atoms. The smallest absolute Gasteiger partial charge is 0.238 e. The van der Waals surface area contributed by atoms with Gasteiger partial charge in [0.15, 0.2) is 0 Å². The molecule has 1 aromatic heterocycles. The lowest BCUT2D eigenvalue weighted by molar-refractivity contribution is -0.117. The summed E-state index contributed by atoms with van der Waals surface area (Å²) in [5.41, 5.74) is 4.35. The van der Waals surface area contributed by atoms with Crippen LogP contribution in [-0.2, 0) is 11.2 Å². The van der Waals surface area contributed by atoms with Gasteiger partial charge in [-0.1, -0.05) is 17.7 Å². The van der Waals surface area contributed by atoms with Gasteiger partial charge in [-0.15, -0.1) is 0 Å². The number of amides is 1. The van der Waals surface area contributed by atoms with Crippen molar-refractivity contribution in [2.24, 2.45) is 0 Å². The molecule has 7 heteroatoms. The monoisotopic (exact) mass is 414 g/mol. The zero-order valence-corrected chi connectivity index (χ0v) is 17.3. The number of aryl methyl sites for hydroxylation is 2. The summed E-state index contributed by atoms with van der Waals surface area (Å²) < 4.78 is 13.0. The van der Waals surface area contributed by atoms with Crippen LogP contribution in [0.2, 0.25) is 5.02 Å². The fraction of sp³-hybridized carbons (Fsp3) is 0.273. The van der Waals surface area contributed by atoms with Gasteiger partial charge in [0.2, 0.25) is 5.91 Å². The number of carbonyl (C=O) groups is 1. The highest BCUT2D eigenvalue weighted by Gasteiger charge is 2.10. The molecule has 1 amide bonds. The number of H-pyrrole nitrogens is 1. The number of hydrogen-bond acceptors (Lipinski definition) is 3. The normalized spacial score (nSPS) is 11.1. The average molecular weight is 415 g/mol. The number of aromatic amines is 1. The maximum absolute atomic E-state index is 13.0. The first-order chi connectivity index (χ1) is 13.9. The number of anilines is 1. The van der Waals surface area contributed by atoms with Gasteiger partial charge in [0.1, 0.15) is 5.82 Å². The molecule has 2 aromatic carbocycles. The molecule has 0 saturated carbocycles. The molecular formula is C22H24ClFN4O. The average Bonchev–Trinajstić information content (AvgIpc) is 3.13. The number of likely N-dealkylation sites (N-methyl/N-ethyl adjacent to an activating group) is 1. The number of hydrogen-bond donors (Lipinski definition) is 2. The quantitative estimate of drug-likeness (QED) is 0.562. The highest BCUT2D eigenvalue weighted by Crippen LogP contribution is 2.22. The highest BCUT2D eigenvalue weighted by molar-refractivity contribution is 6.33. The molecule has 0 radical (unpaired) electrons. The van der Waals surface area contributed by atoms with E-state index in [1.807, 2.05) is 43.1 Å². The van der Waals surface area contributed by atoms with Crippen molar-refractivity contribution in [3.05, 3.63) is 70.6 Å². The van der Waals surface area contributed by atoms with Crippen molar-refractivity contribution in [1.82, 2.24) is 15.1 Å². The largest absolute Gasteiger partial charge is 0.324 e. The number of halogens is 2. The van der Waals surface area contributed by atoms with Crippen molar-refractivity contribution >= 4 is 23.2 Å². The van der Waals surface area contributed by atoms with E-state index in [4.69, 9.17) is 11.6 Å². The Morgan fingerprint density at radius 2 is 1.97 bits per heavy atom. The molecule has 0 bridgehead atoms. The lowest BCUT2D eigenvalue weighted by Crippen LogP contribution is -2.31.